The smallest absolute Gasteiger partial charge is 0.320 e. The molecule has 3 heterocycles. The Kier molecular flexibility index (Phi) is 9.66. The van der Waals surface area contributed by atoms with Crippen LogP contribution in [0.25, 0.3) is 0 Å². The second-order valence-electron chi connectivity index (χ2n) is 11.8. The van der Waals surface area contributed by atoms with E-state index in [1.165, 1.54) is 30.9 Å². The Bertz CT molecular complexity index is 1220. The van der Waals surface area contributed by atoms with Gasteiger partial charge in [-0.25, -0.2) is 9.37 Å². The van der Waals surface area contributed by atoms with Crippen molar-refractivity contribution in [2.24, 2.45) is 5.92 Å². The standard InChI is InChI=1S/C17H22FNO2.C16H20N2O/c18-15-6-2-5-13(10-15)14-7-8-19(11-14)16(17(20)21)9-12-3-1-4-12;1-18-9-7-14(8-10-18)16-17-15(12-19-16)11-13-5-3-2-4-6-13/h2,5-6,10,12,14,16H,1,3-4,7-9,11H2,(H,20,21);2-6,12,14H,7-11H2,1H3/t14?,16-;/m1./s1. The average molecular weight is 548 g/mol. The molecule has 1 aromatic heterocycles. The van der Waals surface area contributed by atoms with Crippen molar-refractivity contribution in [2.75, 3.05) is 33.2 Å². The summed E-state index contributed by atoms with van der Waals surface area (Å²) in [5.41, 5.74) is 3.32. The molecule has 1 aliphatic carbocycles. The third kappa shape index (κ3) is 7.58. The van der Waals surface area contributed by atoms with Crippen molar-refractivity contribution < 1.29 is 18.7 Å². The van der Waals surface area contributed by atoms with E-state index in [0.29, 0.717) is 11.8 Å². The van der Waals surface area contributed by atoms with Crippen molar-refractivity contribution in [1.82, 2.24) is 14.8 Å². The van der Waals surface area contributed by atoms with Crippen LogP contribution in [0.1, 0.15) is 79.5 Å². The molecule has 1 saturated carbocycles. The van der Waals surface area contributed by atoms with Gasteiger partial charge >= 0.3 is 5.97 Å². The normalized spacial score (nSPS) is 21.4. The molecule has 3 fully saturated rings. The molecule has 3 aliphatic rings. The van der Waals surface area contributed by atoms with Crippen molar-refractivity contribution in [3.8, 4) is 0 Å². The van der Waals surface area contributed by atoms with E-state index >= 15 is 0 Å². The van der Waals surface area contributed by atoms with E-state index in [1.54, 1.807) is 12.1 Å². The number of carboxylic acids is 1. The average Bonchev–Trinajstić information content (AvgIpc) is 3.60. The molecule has 6 nitrogen and oxygen atoms in total. The summed E-state index contributed by atoms with van der Waals surface area (Å²) in [6.07, 6.45) is 10.3. The van der Waals surface area contributed by atoms with Gasteiger partial charge in [-0.2, -0.15) is 0 Å². The minimum absolute atomic E-state index is 0.213. The Morgan fingerprint density at radius 3 is 2.45 bits per heavy atom. The summed E-state index contributed by atoms with van der Waals surface area (Å²) >= 11 is 0. The molecule has 0 radical (unpaired) electrons. The molecule has 2 atom stereocenters. The first-order valence-corrected chi connectivity index (χ1v) is 14.8. The van der Waals surface area contributed by atoms with E-state index in [4.69, 9.17) is 4.42 Å². The summed E-state index contributed by atoms with van der Waals surface area (Å²) in [4.78, 5) is 20.7. The van der Waals surface area contributed by atoms with Crippen LogP contribution < -0.4 is 0 Å². The highest BCUT2D eigenvalue weighted by atomic mass is 19.1. The molecule has 6 rings (SSSR count). The third-order valence-electron chi connectivity index (χ3n) is 8.91. The van der Waals surface area contributed by atoms with Crippen LogP contribution >= 0.6 is 0 Å². The highest BCUT2D eigenvalue weighted by molar-refractivity contribution is 5.73. The molecule has 0 bridgehead atoms. The van der Waals surface area contributed by atoms with Crippen LogP contribution in [0, 0.1) is 11.7 Å². The van der Waals surface area contributed by atoms with E-state index < -0.39 is 5.97 Å². The van der Waals surface area contributed by atoms with Crippen LogP contribution in [0.4, 0.5) is 4.39 Å². The van der Waals surface area contributed by atoms with Crippen molar-refractivity contribution in [3.05, 3.63) is 89.4 Å². The van der Waals surface area contributed by atoms with E-state index in [2.05, 4.69) is 46.1 Å². The maximum atomic E-state index is 13.3. The lowest BCUT2D eigenvalue weighted by Crippen LogP contribution is -2.41. The minimum atomic E-state index is -0.707. The summed E-state index contributed by atoms with van der Waals surface area (Å²) in [6.45, 7) is 3.81. The molecule has 214 valence electrons. The first-order chi connectivity index (χ1) is 19.4. The van der Waals surface area contributed by atoms with E-state index in [-0.39, 0.29) is 17.8 Å². The van der Waals surface area contributed by atoms with Crippen molar-refractivity contribution >= 4 is 5.97 Å². The number of rotatable bonds is 8. The molecule has 7 heteroatoms. The number of aromatic nitrogens is 1. The first kappa shape index (κ1) is 28.5. The zero-order valence-corrected chi connectivity index (χ0v) is 23.6. The molecular formula is C33H42FN3O3. The second-order valence-corrected chi connectivity index (χ2v) is 11.8. The summed E-state index contributed by atoms with van der Waals surface area (Å²) in [5.74, 6) is 1.35. The number of nitrogens with zero attached hydrogens (tertiary/aromatic N) is 3. The number of hydrogen-bond acceptors (Lipinski definition) is 5. The molecule has 1 unspecified atom stereocenters. The van der Waals surface area contributed by atoms with E-state index in [0.717, 1.165) is 75.4 Å². The molecule has 2 aromatic carbocycles. The molecule has 3 aromatic rings. The lowest BCUT2D eigenvalue weighted by atomic mass is 9.80. The van der Waals surface area contributed by atoms with Crippen LogP contribution in [0.5, 0.6) is 0 Å². The van der Waals surface area contributed by atoms with Crippen LogP contribution in [0.15, 0.2) is 65.3 Å². The number of aliphatic carboxylic acids is 1. The molecule has 0 amide bonds. The molecule has 2 saturated heterocycles. The molecule has 40 heavy (non-hydrogen) atoms. The third-order valence-corrected chi connectivity index (χ3v) is 8.91. The number of carboxylic acid groups (broad SMARTS) is 1. The van der Waals surface area contributed by atoms with Gasteiger partial charge in [-0.05, 0) is 87.5 Å². The van der Waals surface area contributed by atoms with Gasteiger partial charge in [0.05, 0.1) is 5.69 Å². The Labute approximate surface area is 237 Å². The Hall–Kier alpha value is -3.03. The van der Waals surface area contributed by atoms with Crippen molar-refractivity contribution in [1.29, 1.82) is 0 Å². The number of piperidine rings is 1. The van der Waals surface area contributed by atoms with Crippen molar-refractivity contribution in [2.45, 2.75) is 69.2 Å². The molecular weight excluding hydrogens is 505 g/mol. The van der Waals surface area contributed by atoms with Gasteiger partial charge < -0.3 is 14.4 Å². The summed E-state index contributed by atoms with van der Waals surface area (Å²) < 4.78 is 19.0. The highest BCUT2D eigenvalue weighted by Gasteiger charge is 2.35. The van der Waals surface area contributed by atoms with Gasteiger partial charge in [0, 0.05) is 18.9 Å². The van der Waals surface area contributed by atoms with Crippen molar-refractivity contribution in [3.63, 3.8) is 0 Å². The lowest BCUT2D eigenvalue weighted by Gasteiger charge is -2.32. The quantitative estimate of drug-likeness (QED) is 0.355. The van der Waals surface area contributed by atoms with Crippen LogP contribution in [0.2, 0.25) is 0 Å². The number of halogens is 1. The highest BCUT2D eigenvalue weighted by Crippen LogP contribution is 2.35. The predicted octanol–water partition coefficient (Wildman–Crippen LogP) is 6.33. The summed E-state index contributed by atoms with van der Waals surface area (Å²) in [5, 5.41) is 9.50. The van der Waals surface area contributed by atoms with Crippen LogP contribution in [0.3, 0.4) is 0 Å². The van der Waals surface area contributed by atoms with Gasteiger partial charge in [0.25, 0.3) is 0 Å². The first-order valence-electron chi connectivity index (χ1n) is 14.8. The fourth-order valence-corrected chi connectivity index (χ4v) is 6.21. The largest absolute Gasteiger partial charge is 0.480 e. The Balaban J connectivity index is 0.000000162. The second kappa shape index (κ2) is 13.6. The van der Waals surface area contributed by atoms with Gasteiger partial charge in [-0.1, -0.05) is 61.7 Å². The number of hydrogen-bond donors (Lipinski definition) is 1. The molecule has 0 spiro atoms. The minimum Gasteiger partial charge on any atom is -0.480 e. The Morgan fingerprint density at radius 1 is 1.02 bits per heavy atom. The zero-order chi connectivity index (χ0) is 27.9. The van der Waals surface area contributed by atoms with Gasteiger partial charge in [-0.15, -0.1) is 0 Å². The monoisotopic (exact) mass is 547 g/mol. The fourth-order valence-electron chi connectivity index (χ4n) is 6.21. The maximum Gasteiger partial charge on any atom is 0.320 e. The summed E-state index contributed by atoms with van der Waals surface area (Å²) in [7, 11) is 2.17. The van der Waals surface area contributed by atoms with E-state index in [9.17, 15) is 14.3 Å². The SMILES string of the molecule is CN1CCC(c2nc(Cc3ccccc3)co2)CC1.O=C(O)[C@@H](CC1CCC1)N1CCC(c2cccc(F)c2)C1. The zero-order valence-electron chi connectivity index (χ0n) is 23.6. The number of oxazole rings is 1. The lowest BCUT2D eigenvalue weighted by molar-refractivity contribution is -0.143. The number of benzene rings is 2. The van der Waals surface area contributed by atoms with Gasteiger partial charge in [0.2, 0.25) is 0 Å². The van der Waals surface area contributed by atoms with Crippen LogP contribution in [-0.4, -0.2) is 65.1 Å². The number of likely N-dealkylation sites (tertiary alicyclic amines) is 2. The number of carbonyl (C=O) groups is 1. The maximum absolute atomic E-state index is 13.3. The van der Waals surface area contributed by atoms with Gasteiger partial charge in [0.15, 0.2) is 5.89 Å². The summed E-state index contributed by atoms with van der Waals surface area (Å²) in [6, 6.07) is 16.8. The fraction of sp³-hybridized carbons (Fsp3) is 0.515. The predicted molar refractivity (Wildman–Crippen MR) is 154 cm³/mol. The topological polar surface area (TPSA) is 69.8 Å². The van der Waals surface area contributed by atoms with Crippen LogP contribution in [-0.2, 0) is 11.2 Å². The molecule has 1 N–H and O–H groups in total. The van der Waals surface area contributed by atoms with Gasteiger partial charge in [0.1, 0.15) is 18.1 Å². The van der Waals surface area contributed by atoms with E-state index in [1.807, 2.05) is 18.4 Å². The Morgan fingerprint density at radius 2 is 1.77 bits per heavy atom. The molecule has 2 aliphatic heterocycles. The van der Waals surface area contributed by atoms with Gasteiger partial charge in [-0.3, -0.25) is 9.69 Å².